The lowest BCUT2D eigenvalue weighted by molar-refractivity contribution is 0.0569. The summed E-state index contributed by atoms with van der Waals surface area (Å²) in [5.41, 5.74) is 1.64. The molecule has 8 nitrogen and oxygen atoms in total. The molecule has 4 rings (SSSR count). The number of hydrogen-bond acceptors (Lipinski definition) is 6. The van der Waals surface area contributed by atoms with E-state index in [4.69, 9.17) is 13.7 Å². The van der Waals surface area contributed by atoms with E-state index in [1.807, 2.05) is 6.92 Å². The van der Waals surface area contributed by atoms with Crippen molar-refractivity contribution in [1.82, 2.24) is 9.97 Å². The molecule has 0 saturated carbocycles. The Bertz CT molecular complexity index is 1110. The SMILES string of the molecule is Cc1ccc(S(=O)(=O)OC[C@H]2COc3ccc4[nH]c(=O)[nH]c4c3O2)cc1. The highest BCUT2D eigenvalue weighted by Gasteiger charge is 2.27. The molecule has 1 atom stereocenters. The number of nitrogens with one attached hydrogen (secondary N) is 2. The van der Waals surface area contributed by atoms with Crippen molar-refractivity contribution >= 4 is 21.2 Å². The van der Waals surface area contributed by atoms with Crippen LogP contribution in [0.15, 0.2) is 46.1 Å². The first kappa shape index (κ1) is 16.7. The summed E-state index contributed by atoms with van der Waals surface area (Å²) in [6.45, 7) is 1.80. The maximum atomic E-state index is 12.3. The van der Waals surface area contributed by atoms with Crippen LogP contribution in [0.4, 0.5) is 0 Å². The number of aromatic amines is 2. The molecule has 0 fully saturated rings. The highest BCUT2D eigenvalue weighted by Crippen LogP contribution is 2.37. The molecule has 0 spiro atoms. The van der Waals surface area contributed by atoms with E-state index in [0.717, 1.165) is 5.56 Å². The van der Waals surface area contributed by atoms with Crippen molar-refractivity contribution in [2.45, 2.75) is 17.9 Å². The van der Waals surface area contributed by atoms with Crippen molar-refractivity contribution in [3.63, 3.8) is 0 Å². The number of fused-ring (bicyclic) bond motifs is 3. The van der Waals surface area contributed by atoms with Gasteiger partial charge in [-0.1, -0.05) is 17.7 Å². The van der Waals surface area contributed by atoms with E-state index < -0.39 is 16.2 Å². The highest BCUT2D eigenvalue weighted by molar-refractivity contribution is 7.86. The fourth-order valence-electron chi connectivity index (χ4n) is 2.69. The quantitative estimate of drug-likeness (QED) is 0.671. The predicted molar refractivity (Wildman–Crippen MR) is 93.1 cm³/mol. The summed E-state index contributed by atoms with van der Waals surface area (Å²) in [4.78, 5) is 16.8. The van der Waals surface area contributed by atoms with Crippen LogP contribution in [0, 0.1) is 6.92 Å². The molecule has 1 aliphatic rings. The zero-order valence-corrected chi connectivity index (χ0v) is 14.6. The molecule has 0 unspecified atom stereocenters. The number of aromatic nitrogens is 2. The van der Waals surface area contributed by atoms with E-state index in [2.05, 4.69) is 9.97 Å². The third kappa shape index (κ3) is 3.06. The highest BCUT2D eigenvalue weighted by atomic mass is 32.2. The number of aryl methyl sites for hydroxylation is 1. The van der Waals surface area contributed by atoms with Crippen molar-refractivity contribution < 1.29 is 22.1 Å². The van der Waals surface area contributed by atoms with Crippen molar-refractivity contribution in [3.05, 3.63) is 52.4 Å². The molecule has 3 aromatic rings. The third-order valence-corrected chi connectivity index (χ3v) is 5.33. The van der Waals surface area contributed by atoms with Gasteiger partial charge in [0, 0.05) is 0 Å². The molecule has 0 radical (unpaired) electrons. The molecule has 26 heavy (non-hydrogen) atoms. The van der Waals surface area contributed by atoms with Crippen LogP contribution in [0.3, 0.4) is 0 Å². The Labute approximate surface area is 148 Å². The van der Waals surface area contributed by atoms with Crippen LogP contribution in [0.2, 0.25) is 0 Å². The molecule has 2 heterocycles. The van der Waals surface area contributed by atoms with Crippen molar-refractivity contribution in [2.75, 3.05) is 13.2 Å². The number of ether oxygens (including phenoxy) is 2. The second-order valence-electron chi connectivity index (χ2n) is 6.00. The predicted octanol–water partition coefficient (Wildman–Crippen LogP) is 1.71. The summed E-state index contributed by atoms with van der Waals surface area (Å²) >= 11 is 0. The molecule has 0 saturated heterocycles. The van der Waals surface area contributed by atoms with Crippen LogP contribution in [-0.2, 0) is 14.3 Å². The van der Waals surface area contributed by atoms with E-state index in [9.17, 15) is 13.2 Å². The topological polar surface area (TPSA) is 110 Å². The van der Waals surface area contributed by atoms with Gasteiger partial charge in [-0.05, 0) is 31.2 Å². The van der Waals surface area contributed by atoms with E-state index in [0.29, 0.717) is 22.5 Å². The molecule has 2 aromatic carbocycles. The van der Waals surface area contributed by atoms with Gasteiger partial charge < -0.3 is 19.4 Å². The maximum Gasteiger partial charge on any atom is 0.323 e. The van der Waals surface area contributed by atoms with Crippen LogP contribution in [0.1, 0.15) is 5.56 Å². The Morgan fingerprint density at radius 2 is 1.92 bits per heavy atom. The molecule has 9 heteroatoms. The van der Waals surface area contributed by atoms with E-state index in [1.54, 1.807) is 24.3 Å². The van der Waals surface area contributed by atoms with Crippen LogP contribution in [-0.4, -0.2) is 37.7 Å². The van der Waals surface area contributed by atoms with Gasteiger partial charge in [-0.3, -0.25) is 4.18 Å². The maximum absolute atomic E-state index is 12.3. The fourth-order valence-corrected chi connectivity index (χ4v) is 3.63. The number of H-pyrrole nitrogens is 2. The lowest BCUT2D eigenvalue weighted by Crippen LogP contribution is -2.34. The first-order chi connectivity index (χ1) is 12.4. The van der Waals surface area contributed by atoms with Gasteiger partial charge in [0.15, 0.2) is 17.6 Å². The summed E-state index contributed by atoms with van der Waals surface area (Å²) < 4.78 is 41.1. The lowest BCUT2D eigenvalue weighted by atomic mass is 10.2. The standard InChI is InChI=1S/C17H16N2O6S/c1-10-2-4-12(5-3-10)26(21,22)24-9-11-8-23-14-7-6-13-15(16(14)25-11)19-17(20)18-13/h2-7,11H,8-9H2,1H3,(H2,18,19,20)/t11-/m1/s1. The van der Waals surface area contributed by atoms with Gasteiger partial charge in [0.05, 0.1) is 10.4 Å². The molecular formula is C17H16N2O6S. The van der Waals surface area contributed by atoms with E-state index >= 15 is 0 Å². The van der Waals surface area contributed by atoms with E-state index in [1.165, 1.54) is 12.1 Å². The Balaban J connectivity index is 1.52. The molecule has 1 aliphatic heterocycles. The summed E-state index contributed by atoms with van der Waals surface area (Å²) in [5, 5.41) is 0. The minimum Gasteiger partial charge on any atom is -0.486 e. The average molecular weight is 376 g/mol. The summed E-state index contributed by atoms with van der Waals surface area (Å²) in [6.07, 6.45) is -0.633. The van der Waals surface area contributed by atoms with Crippen LogP contribution >= 0.6 is 0 Å². The molecule has 0 aliphatic carbocycles. The Morgan fingerprint density at radius 3 is 2.69 bits per heavy atom. The van der Waals surface area contributed by atoms with Crippen LogP contribution in [0.25, 0.3) is 11.0 Å². The first-order valence-corrected chi connectivity index (χ1v) is 9.34. The summed E-state index contributed by atoms with van der Waals surface area (Å²) in [7, 11) is -3.89. The Hall–Kier alpha value is -2.78. The van der Waals surface area contributed by atoms with Gasteiger partial charge in [-0.15, -0.1) is 0 Å². The molecule has 0 bridgehead atoms. The first-order valence-electron chi connectivity index (χ1n) is 7.93. The van der Waals surface area contributed by atoms with Gasteiger partial charge in [0.2, 0.25) is 0 Å². The Kier molecular flexibility index (Phi) is 3.97. The van der Waals surface area contributed by atoms with Gasteiger partial charge in [-0.25, -0.2) is 4.79 Å². The van der Waals surface area contributed by atoms with Gasteiger partial charge in [0.1, 0.15) is 18.7 Å². The Morgan fingerprint density at radius 1 is 1.15 bits per heavy atom. The fraction of sp³-hybridized carbons (Fsp3) is 0.235. The van der Waals surface area contributed by atoms with Crippen molar-refractivity contribution in [2.24, 2.45) is 0 Å². The normalized spacial score (nSPS) is 16.7. The largest absolute Gasteiger partial charge is 0.486 e. The third-order valence-electron chi connectivity index (χ3n) is 4.04. The second kappa shape index (κ2) is 6.19. The minimum atomic E-state index is -3.89. The van der Waals surface area contributed by atoms with E-state index in [-0.39, 0.29) is 23.8 Å². The minimum absolute atomic E-state index is 0.0811. The second-order valence-corrected chi connectivity index (χ2v) is 7.61. The van der Waals surface area contributed by atoms with Crippen molar-refractivity contribution in [1.29, 1.82) is 0 Å². The van der Waals surface area contributed by atoms with Crippen molar-refractivity contribution in [3.8, 4) is 11.5 Å². The van der Waals surface area contributed by atoms with Gasteiger partial charge in [0.25, 0.3) is 10.1 Å². The van der Waals surface area contributed by atoms with Crippen LogP contribution in [0.5, 0.6) is 11.5 Å². The number of hydrogen-bond donors (Lipinski definition) is 2. The molecule has 0 amide bonds. The smallest absolute Gasteiger partial charge is 0.323 e. The number of rotatable bonds is 4. The monoisotopic (exact) mass is 376 g/mol. The van der Waals surface area contributed by atoms with Gasteiger partial charge in [-0.2, -0.15) is 8.42 Å². The zero-order valence-electron chi connectivity index (χ0n) is 13.8. The molecular weight excluding hydrogens is 360 g/mol. The summed E-state index contributed by atoms with van der Waals surface area (Å²) in [6, 6.07) is 9.77. The molecule has 136 valence electrons. The molecule has 1 aromatic heterocycles. The lowest BCUT2D eigenvalue weighted by Gasteiger charge is -2.26. The number of benzene rings is 2. The van der Waals surface area contributed by atoms with Crippen LogP contribution < -0.4 is 15.2 Å². The number of imidazole rings is 1. The summed E-state index contributed by atoms with van der Waals surface area (Å²) in [5.74, 6) is 0.832. The van der Waals surface area contributed by atoms with Gasteiger partial charge >= 0.3 is 5.69 Å². The zero-order chi connectivity index (χ0) is 18.3. The molecule has 2 N–H and O–H groups in total. The average Bonchev–Trinajstić information content (AvgIpc) is 3.01.